The molecule has 3 aromatic rings. The Morgan fingerprint density at radius 3 is 2.63 bits per heavy atom. The highest BCUT2D eigenvalue weighted by atomic mass is 19.4. The first-order valence-corrected chi connectivity index (χ1v) is 11.8. The van der Waals surface area contributed by atoms with Gasteiger partial charge in [0, 0.05) is 37.0 Å². The third kappa shape index (κ3) is 4.71. The molecule has 1 aliphatic carbocycles. The van der Waals surface area contributed by atoms with E-state index in [1.54, 1.807) is 23.1 Å². The summed E-state index contributed by atoms with van der Waals surface area (Å²) in [5.41, 5.74) is 0.555. The van der Waals surface area contributed by atoms with Crippen LogP contribution in [0.2, 0.25) is 0 Å². The molecular formula is C24H27F3N6O2. The smallest absolute Gasteiger partial charge is 0.418 e. The maximum atomic E-state index is 13.7. The summed E-state index contributed by atoms with van der Waals surface area (Å²) < 4.78 is 46.6. The number of H-pyrrole nitrogens is 1. The maximum absolute atomic E-state index is 13.7. The van der Waals surface area contributed by atoms with Gasteiger partial charge >= 0.3 is 6.18 Å². The molecule has 0 atom stereocenters. The van der Waals surface area contributed by atoms with Gasteiger partial charge in [0.2, 0.25) is 11.9 Å². The van der Waals surface area contributed by atoms with Gasteiger partial charge in [0.05, 0.1) is 23.7 Å². The monoisotopic (exact) mass is 488 g/mol. The lowest BCUT2D eigenvalue weighted by atomic mass is 9.95. The number of rotatable bonds is 6. The number of halogens is 3. The van der Waals surface area contributed by atoms with Crippen LogP contribution in [0.3, 0.4) is 0 Å². The summed E-state index contributed by atoms with van der Waals surface area (Å²) in [4.78, 5) is 25.2. The van der Waals surface area contributed by atoms with Crippen molar-refractivity contribution >= 4 is 40.1 Å². The number of fused-ring (bicyclic) bond motifs is 1. The summed E-state index contributed by atoms with van der Waals surface area (Å²) in [5, 5.41) is 6.25. The number of methoxy groups -OCH3 is 1. The average molecular weight is 489 g/mol. The lowest BCUT2D eigenvalue weighted by Gasteiger charge is -2.24. The highest BCUT2D eigenvalue weighted by molar-refractivity contribution is 5.96. The third-order valence-electron chi connectivity index (χ3n) is 6.60. The number of carbonyl (C=O) groups excluding carboxylic acids is 1. The van der Waals surface area contributed by atoms with Crippen molar-refractivity contribution in [2.45, 2.75) is 57.2 Å². The summed E-state index contributed by atoms with van der Waals surface area (Å²) >= 11 is 0. The van der Waals surface area contributed by atoms with Crippen molar-refractivity contribution in [3.63, 3.8) is 0 Å². The van der Waals surface area contributed by atoms with Crippen molar-refractivity contribution in [1.29, 1.82) is 0 Å². The second-order valence-electron chi connectivity index (χ2n) is 8.96. The van der Waals surface area contributed by atoms with E-state index in [0.29, 0.717) is 24.4 Å². The van der Waals surface area contributed by atoms with E-state index in [0.717, 1.165) is 50.4 Å². The van der Waals surface area contributed by atoms with Crippen molar-refractivity contribution < 1.29 is 22.7 Å². The van der Waals surface area contributed by atoms with E-state index in [-0.39, 0.29) is 34.7 Å². The van der Waals surface area contributed by atoms with E-state index < -0.39 is 11.7 Å². The fourth-order valence-corrected chi connectivity index (χ4v) is 4.85. The van der Waals surface area contributed by atoms with Gasteiger partial charge in [-0.25, -0.2) is 0 Å². The Morgan fingerprint density at radius 1 is 1.14 bits per heavy atom. The second kappa shape index (κ2) is 9.27. The van der Waals surface area contributed by atoms with Crippen molar-refractivity contribution in [3.8, 4) is 5.75 Å². The highest BCUT2D eigenvalue weighted by Gasteiger charge is 2.36. The summed E-state index contributed by atoms with van der Waals surface area (Å²) in [5.74, 6) is 0.813. The molecule has 11 heteroatoms. The van der Waals surface area contributed by atoms with Crippen LogP contribution in [-0.4, -0.2) is 40.6 Å². The molecule has 0 unspecified atom stereocenters. The Hall–Kier alpha value is -3.50. The van der Waals surface area contributed by atoms with Gasteiger partial charge in [-0.2, -0.15) is 23.1 Å². The minimum Gasteiger partial charge on any atom is -0.494 e. The SMILES string of the molecule is COc1cc(N2CCCC2=O)ccc1Nc1nc(NC2CCCCC2)c2c(C(F)(F)F)c[nH]c2n1. The van der Waals surface area contributed by atoms with E-state index >= 15 is 0 Å². The van der Waals surface area contributed by atoms with Gasteiger partial charge in [0.25, 0.3) is 0 Å². The lowest BCUT2D eigenvalue weighted by Crippen LogP contribution is -2.23. The average Bonchev–Trinajstić information content (AvgIpc) is 3.46. The first kappa shape index (κ1) is 23.3. The number of aromatic amines is 1. The molecular weight excluding hydrogens is 461 g/mol. The van der Waals surface area contributed by atoms with Gasteiger partial charge in [-0.1, -0.05) is 19.3 Å². The Balaban J connectivity index is 1.50. The Bertz CT molecular complexity index is 1240. The van der Waals surface area contributed by atoms with Crippen LogP contribution in [0, 0.1) is 0 Å². The molecule has 1 aromatic carbocycles. The zero-order valence-corrected chi connectivity index (χ0v) is 19.3. The molecule has 3 N–H and O–H groups in total. The molecule has 1 saturated carbocycles. The number of nitrogens with one attached hydrogen (secondary N) is 3. The Labute approximate surface area is 200 Å². The number of carbonyl (C=O) groups is 1. The van der Waals surface area contributed by atoms with E-state index in [1.165, 1.54) is 7.11 Å². The topological polar surface area (TPSA) is 95.2 Å². The largest absolute Gasteiger partial charge is 0.494 e. The fourth-order valence-electron chi connectivity index (χ4n) is 4.85. The molecule has 0 radical (unpaired) electrons. The van der Waals surface area contributed by atoms with Crippen LogP contribution in [0.1, 0.15) is 50.5 Å². The van der Waals surface area contributed by atoms with Crippen LogP contribution >= 0.6 is 0 Å². The van der Waals surface area contributed by atoms with Gasteiger partial charge in [-0.3, -0.25) is 4.79 Å². The molecule has 1 aliphatic heterocycles. The first-order chi connectivity index (χ1) is 16.8. The van der Waals surface area contributed by atoms with E-state index in [2.05, 4.69) is 25.6 Å². The normalized spacial score (nSPS) is 17.3. The zero-order chi connectivity index (χ0) is 24.6. The molecule has 1 amide bonds. The minimum absolute atomic E-state index is 0.0532. The molecule has 2 aliphatic rings. The molecule has 8 nitrogen and oxygen atoms in total. The van der Waals surface area contributed by atoms with Crippen LogP contribution in [0.4, 0.5) is 36.3 Å². The van der Waals surface area contributed by atoms with Crippen LogP contribution in [0.15, 0.2) is 24.4 Å². The predicted octanol–water partition coefficient (Wildman–Crippen LogP) is 5.60. The van der Waals surface area contributed by atoms with Crippen LogP contribution in [-0.2, 0) is 11.0 Å². The Kier molecular flexibility index (Phi) is 6.16. The summed E-state index contributed by atoms with van der Waals surface area (Å²) in [7, 11) is 1.51. The van der Waals surface area contributed by atoms with Crippen LogP contribution < -0.4 is 20.3 Å². The summed E-state index contributed by atoms with van der Waals surface area (Å²) in [6.45, 7) is 0.652. The van der Waals surface area contributed by atoms with Crippen LogP contribution in [0.25, 0.3) is 11.0 Å². The van der Waals surface area contributed by atoms with Gasteiger partial charge in [0.15, 0.2) is 0 Å². The van der Waals surface area contributed by atoms with E-state index in [4.69, 9.17) is 4.74 Å². The molecule has 3 heterocycles. The number of aromatic nitrogens is 3. The number of hydrogen-bond donors (Lipinski definition) is 3. The molecule has 0 spiro atoms. The minimum atomic E-state index is -4.54. The molecule has 5 rings (SSSR count). The fraction of sp³-hybridized carbons (Fsp3) is 0.458. The molecule has 35 heavy (non-hydrogen) atoms. The lowest BCUT2D eigenvalue weighted by molar-refractivity contribution is -0.136. The number of anilines is 4. The number of benzene rings is 1. The first-order valence-electron chi connectivity index (χ1n) is 11.8. The number of amides is 1. The zero-order valence-electron chi connectivity index (χ0n) is 19.3. The second-order valence-corrected chi connectivity index (χ2v) is 8.96. The Morgan fingerprint density at radius 2 is 1.94 bits per heavy atom. The summed E-state index contributed by atoms with van der Waals surface area (Å²) in [6, 6.07) is 5.35. The number of hydrogen-bond acceptors (Lipinski definition) is 6. The molecule has 2 aromatic heterocycles. The summed E-state index contributed by atoms with van der Waals surface area (Å²) in [6.07, 6.45) is 2.66. The van der Waals surface area contributed by atoms with Crippen molar-refractivity contribution in [1.82, 2.24) is 15.0 Å². The van der Waals surface area contributed by atoms with Gasteiger partial charge in [-0.15, -0.1) is 0 Å². The number of nitrogens with zero attached hydrogens (tertiary/aromatic N) is 3. The van der Waals surface area contributed by atoms with Crippen molar-refractivity contribution in [2.24, 2.45) is 0 Å². The van der Waals surface area contributed by atoms with Crippen molar-refractivity contribution in [3.05, 3.63) is 30.0 Å². The quantitative estimate of drug-likeness (QED) is 0.418. The number of ether oxygens (including phenoxy) is 1. The van der Waals surface area contributed by atoms with E-state index in [9.17, 15) is 18.0 Å². The number of alkyl halides is 3. The van der Waals surface area contributed by atoms with Crippen LogP contribution in [0.5, 0.6) is 5.75 Å². The maximum Gasteiger partial charge on any atom is 0.418 e. The third-order valence-corrected chi connectivity index (χ3v) is 6.60. The predicted molar refractivity (Wildman–Crippen MR) is 127 cm³/mol. The highest BCUT2D eigenvalue weighted by Crippen LogP contribution is 2.39. The van der Waals surface area contributed by atoms with E-state index in [1.807, 2.05) is 0 Å². The molecule has 2 fully saturated rings. The van der Waals surface area contributed by atoms with Gasteiger partial charge in [0.1, 0.15) is 17.2 Å². The molecule has 1 saturated heterocycles. The van der Waals surface area contributed by atoms with Gasteiger partial charge < -0.3 is 25.3 Å². The molecule has 0 bridgehead atoms. The van der Waals surface area contributed by atoms with Gasteiger partial charge in [-0.05, 0) is 31.4 Å². The standard InChI is InChI=1S/C24H27F3N6O2/c1-35-18-12-15(33-11-5-8-19(33)34)9-10-17(18)30-23-31-21-20(16(13-28-21)24(25,26)27)22(32-23)29-14-6-3-2-4-7-14/h9-10,12-14H,2-8,11H2,1H3,(H3,28,29,30,31,32). The molecule has 186 valence electrons. The van der Waals surface area contributed by atoms with Crippen molar-refractivity contribution in [2.75, 3.05) is 29.2 Å².